The van der Waals surface area contributed by atoms with Crippen LogP contribution in [-0.2, 0) is 27.8 Å². The molecule has 2 nitrogen and oxygen atoms in total. The third kappa shape index (κ3) is 5.64. The summed E-state index contributed by atoms with van der Waals surface area (Å²) in [4.78, 5) is 7.97. The maximum absolute atomic E-state index is 5.60. The van der Waals surface area contributed by atoms with E-state index in [4.69, 9.17) is 4.98 Å². The maximum atomic E-state index is 5.60. The summed E-state index contributed by atoms with van der Waals surface area (Å²) in [5, 5.41) is 0. The largest absolute Gasteiger partial charge is 3.00 e. The van der Waals surface area contributed by atoms with Crippen molar-refractivity contribution in [3.63, 3.8) is 0 Å². The van der Waals surface area contributed by atoms with Crippen LogP contribution in [-0.4, -0.2) is 4.98 Å². The van der Waals surface area contributed by atoms with Gasteiger partial charge in [-0.25, -0.2) is 5.56 Å². The molecule has 9 rings (SSSR count). The number of aromatic nitrogens is 1. The Morgan fingerprint density at radius 3 is 1.75 bits per heavy atom. The fourth-order valence-corrected chi connectivity index (χ4v) is 7.44. The molecular weight excluding hydrogens is 802 g/mol. The number of nitrogens with zero attached hydrogens (tertiary/aromatic N) is 2. The molecule has 0 atom stereocenters. The zero-order chi connectivity index (χ0) is 33.3. The van der Waals surface area contributed by atoms with Gasteiger partial charge in [0, 0.05) is 17.1 Å². The standard InChI is InChI=1S/C48H31N2.Au/c1-5-18-35(19-6-1)37-32-38(36-20-7-2-8-21-36)34-39(33-37)44-28-17-31-47(49-44)48(40-22-9-3-10-23-40)42-26-13-15-29-45(42)50(41-24-11-4-12-25-41)46-30-16-14-27-43(46)48;/h1-20,22,24-33H;/q-3;+3. The normalized spacial score (nSPS) is 12.7. The van der Waals surface area contributed by atoms with E-state index in [-0.39, 0.29) is 22.4 Å². The predicted molar refractivity (Wildman–Crippen MR) is 204 cm³/mol. The van der Waals surface area contributed by atoms with Crippen molar-refractivity contribution in [3.8, 4) is 33.5 Å². The van der Waals surface area contributed by atoms with E-state index in [0.717, 1.165) is 73.0 Å². The molecule has 0 saturated heterocycles. The van der Waals surface area contributed by atoms with Gasteiger partial charge in [-0.05, 0) is 47.0 Å². The van der Waals surface area contributed by atoms with Gasteiger partial charge in [-0.3, -0.25) is 4.98 Å². The Morgan fingerprint density at radius 2 is 1.08 bits per heavy atom. The summed E-state index contributed by atoms with van der Waals surface area (Å²) in [6.45, 7) is 0. The Hall–Kier alpha value is -5.77. The molecule has 0 aliphatic carbocycles. The summed E-state index contributed by atoms with van der Waals surface area (Å²) < 4.78 is 0. The molecule has 3 heteroatoms. The van der Waals surface area contributed by atoms with Crippen LogP contribution in [0, 0.1) is 18.2 Å². The molecular formula is C48H31AuN2. The summed E-state index contributed by atoms with van der Waals surface area (Å²) in [5.41, 5.74) is 12.9. The zero-order valence-corrected chi connectivity index (χ0v) is 29.8. The zero-order valence-electron chi connectivity index (χ0n) is 27.6. The van der Waals surface area contributed by atoms with E-state index >= 15 is 0 Å². The van der Waals surface area contributed by atoms with E-state index in [2.05, 4.69) is 181 Å². The smallest absolute Gasteiger partial charge is 0.310 e. The molecule has 0 N–H and O–H groups in total. The summed E-state index contributed by atoms with van der Waals surface area (Å²) in [5.74, 6) is 0. The molecule has 244 valence electrons. The second-order valence-corrected chi connectivity index (χ2v) is 12.5. The molecule has 1 aliphatic rings. The average Bonchev–Trinajstić information content (AvgIpc) is 3.21. The minimum atomic E-state index is -0.747. The van der Waals surface area contributed by atoms with Crippen LogP contribution in [0.4, 0.5) is 17.1 Å². The minimum absolute atomic E-state index is 0. The first-order valence-corrected chi connectivity index (χ1v) is 16.9. The summed E-state index contributed by atoms with van der Waals surface area (Å²) in [6.07, 6.45) is 0. The van der Waals surface area contributed by atoms with Gasteiger partial charge in [0.1, 0.15) is 0 Å². The van der Waals surface area contributed by atoms with Crippen molar-refractivity contribution in [2.75, 3.05) is 4.90 Å². The topological polar surface area (TPSA) is 16.1 Å². The van der Waals surface area contributed by atoms with Gasteiger partial charge in [0.05, 0.1) is 16.8 Å². The molecule has 0 spiro atoms. The average molecular weight is 833 g/mol. The quantitative estimate of drug-likeness (QED) is 0.123. The van der Waals surface area contributed by atoms with Gasteiger partial charge in [0.25, 0.3) is 0 Å². The van der Waals surface area contributed by atoms with Crippen LogP contribution in [0.15, 0.2) is 188 Å². The van der Waals surface area contributed by atoms with Crippen LogP contribution in [0.5, 0.6) is 0 Å². The van der Waals surface area contributed by atoms with E-state index in [0.29, 0.717) is 0 Å². The summed E-state index contributed by atoms with van der Waals surface area (Å²) in [6, 6.07) is 76.6. The van der Waals surface area contributed by atoms with Crippen LogP contribution in [0.1, 0.15) is 22.4 Å². The molecule has 0 radical (unpaired) electrons. The van der Waals surface area contributed by atoms with Gasteiger partial charge in [0.15, 0.2) is 0 Å². The number of benzene rings is 7. The van der Waals surface area contributed by atoms with Crippen molar-refractivity contribution in [1.82, 2.24) is 4.98 Å². The van der Waals surface area contributed by atoms with E-state index in [1.807, 2.05) is 30.3 Å². The SMILES string of the molecule is [Au+3].[c-]1ccccc1-c1[c-]c(-c2cccc(C3(c4[c-]cccc4)c4ccccc4N(c4ccccc4)c4ccccc43)n2)cc(-c2ccccc2)c1. The predicted octanol–water partition coefficient (Wildman–Crippen LogP) is 11.6. The molecule has 0 amide bonds. The molecule has 0 unspecified atom stereocenters. The van der Waals surface area contributed by atoms with Gasteiger partial charge in [-0.1, -0.05) is 103 Å². The fourth-order valence-electron chi connectivity index (χ4n) is 7.44. The van der Waals surface area contributed by atoms with Crippen molar-refractivity contribution in [3.05, 3.63) is 229 Å². The number of fused-ring (bicyclic) bond motifs is 2. The molecule has 0 fully saturated rings. The molecule has 51 heavy (non-hydrogen) atoms. The van der Waals surface area contributed by atoms with Gasteiger partial charge in [-0.2, -0.15) is 72.3 Å². The Kier molecular flexibility index (Phi) is 8.81. The van der Waals surface area contributed by atoms with Crippen molar-refractivity contribution in [2.45, 2.75) is 5.41 Å². The van der Waals surface area contributed by atoms with Crippen molar-refractivity contribution >= 4 is 17.1 Å². The number of para-hydroxylation sites is 3. The van der Waals surface area contributed by atoms with Crippen LogP contribution in [0.2, 0.25) is 0 Å². The summed E-state index contributed by atoms with van der Waals surface area (Å²) in [7, 11) is 0. The number of hydrogen-bond donors (Lipinski definition) is 0. The maximum Gasteiger partial charge on any atom is 3.00 e. The third-order valence-electron chi connectivity index (χ3n) is 9.61. The van der Waals surface area contributed by atoms with Crippen molar-refractivity contribution < 1.29 is 22.4 Å². The van der Waals surface area contributed by atoms with Crippen LogP contribution >= 0.6 is 0 Å². The number of rotatable bonds is 6. The molecule has 0 bridgehead atoms. The minimum Gasteiger partial charge on any atom is -0.310 e. The van der Waals surface area contributed by atoms with Crippen LogP contribution < -0.4 is 4.90 Å². The second-order valence-electron chi connectivity index (χ2n) is 12.5. The Labute approximate surface area is 315 Å². The number of anilines is 3. The Bertz CT molecular complexity index is 2320. The first kappa shape index (κ1) is 32.4. The third-order valence-corrected chi connectivity index (χ3v) is 9.61. The van der Waals surface area contributed by atoms with Gasteiger partial charge < -0.3 is 4.90 Å². The molecule has 8 aromatic rings. The fraction of sp³-hybridized carbons (Fsp3) is 0.0208. The Balaban J connectivity index is 0.00000374. The Morgan fingerprint density at radius 1 is 0.471 bits per heavy atom. The molecule has 7 aromatic carbocycles. The monoisotopic (exact) mass is 832 g/mol. The van der Waals surface area contributed by atoms with Crippen molar-refractivity contribution in [1.29, 1.82) is 0 Å². The number of pyridine rings is 1. The molecule has 0 saturated carbocycles. The van der Waals surface area contributed by atoms with Gasteiger partial charge in [0.2, 0.25) is 0 Å². The molecule has 1 aliphatic heterocycles. The molecule has 1 aromatic heterocycles. The summed E-state index contributed by atoms with van der Waals surface area (Å²) >= 11 is 0. The van der Waals surface area contributed by atoms with E-state index in [1.165, 1.54) is 0 Å². The first-order valence-electron chi connectivity index (χ1n) is 16.9. The molecule has 2 heterocycles. The second kappa shape index (κ2) is 13.9. The van der Waals surface area contributed by atoms with E-state index < -0.39 is 5.41 Å². The van der Waals surface area contributed by atoms with E-state index in [9.17, 15) is 0 Å². The van der Waals surface area contributed by atoms with Gasteiger partial charge in [-0.15, -0.1) is 23.3 Å². The van der Waals surface area contributed by atoms with Crippen LogP contribution in [0.3, 0.4) is 0 Å². The van der Waals surface area contributed by atoms with Crippen molar-refractivity contribution in [2.24, 2.45) is 0 Å². The van der Waals surface area contributed by atoms with Crippen LogP contribution in [0.25, 0.3) is 33.5 Å². The number of hydrogen-bond acceptors (Lipinski definition) is 2. The van der Waals surface area contributed by atoms with Gasteiger partial charge >= 0.3 is 22.4 Å². The first-order chi connectivity index (χ1) is 24.8. The van der Waals surface area contributed by atoms with E-state index in [1.54, 1.807) is 0 Å².